The normalized spacial score (nSPS) is 10.0. The number of nitrogens with zero attached hydrogens (tertiary/aromatic N) is 1. The summed E-state index contributed by atoms with van der Waals surface area (Å²) in [4.78, 5) is 26.9. The van der Waals surface area contributed by atoms with Crippen molar-refractivity contribution in [1.29, 1.82) is 0 Å². The van der Waals surface area contributed by atoms with Gasteiger partial charge in [-0.15, -0.1) is 0 Å². The molecule has 0 aliphatic rings. The monoisotopic (exact) mass is 306 g/mol. The second-order valence-corrected chi connectivity index (χ2v) is 4.44. The summed E-state index contributed by atoms with van der Waals surface area (Å²) in [6, 6.07) is 5.56. The van der Waals surface area contributed by atoms with Crippen LogP contribution < -0.4 is 10.1 Å². The van der Waals surface area contributed by atoms with E-state index in [0.717, 1.165) is 0 Å². The highest BCUT2D eigenvalue weighted by Gasteiger charge is 2.14. The molecule has 1 aromatic carbocycles. The zero-order chi connectivity index (χ0) is 15.4. The number of aromatic carboxylic acids is 1. The number of carboxylic acid groups (broad SMARTS) is 1. The molecule has 1 amide bonds. The van der Waals surface area contributed by atoms with Crippen LogP contribution in [-0.4, -0.2) is 29.1 Å². The maximum absolute atomic E-state index is 12.2. The van der Waals surface area contributed by atoms with Gasteiger partial charge in [0.15, 0.2) is 0 Å². The lowest BCUT2D eigenvalue weighted by Gasteiger charge is -2.10. The third-order valence-electron chi connectivity index (χ3n) is 2.71. The van der Waals surface area contributed by atoms with E-state index in [0.29, 0.717) is 17.0 Å². The average molecular weight is 307 g/mol. The van der Waals surface area contributed by atoms with Crippen molar-refractivity contribution in [3.63, 3.8) is 0 Å². The SMILES string of the molecule is COc1cnccc1C(=O)Nc1ccc(C(=O)O)cc1Cl. The van der Waals surface area contributed by atoms with Gasteiger partial charge in [0.05, 0.1) is 35.1 Å². The maximum Gasteiger partial charge on any atom is 0.335 e. The molecule has 0 saturated carbocycles. The van der Waals surface area contributed by atoms with Crippen LogP contribution >= 0.6 is 11.6 Å². The lowest BCUT2D eigenvalue weighted by molar-refractivity contribution is 0.0696. The lowest BCUT2D eigenvalue weighted by atomic mass is 10.2. The molecule has 0 atom stereocenters. The van der Waals surface area contributed by atoms with E-state index in [-0.39, 0.29) is 10.6 Å². The van der Waals surface area contributed by atoms with E-state index in [4.69, 9.17) is 21.4 Å². The minimum atomic E-state index is -1.09. The Kier molecular flexibility index (Phi) is 4.39. The Hall–Kier alpha value is -2.60. The first-order valence-corrected chi connectivity index (χ1v) is 6.23. The second-order valence-electron chi connectivity index (χ2n) is 4.03. The molecule has 1 aromatic heterocycles. The number of hydrogen-bond acceptors (Lipinski definition) is 4. The Morgan fingerprint density at radius 2 is 2.10 bits per heavy atom. The molecule has 2 N–H and O–H groups in total. The van der Waals surface area contributed by atoms with Crippen molar-refractivity contribution in [2.24, 2.45) is 0 Å². The van der Waals surface area contributed by atoms with Gasteiger partial charge in [-0.05, 0) is 24.3 Å². The summed E-state index contributed by atoms with van der Waals surface area (Å²) < 4.78 is 5.05. The van der Waals surface area contributed by atoms with Gasteiger partial charge < -0.3 is 15.2 Å². The third kappa shape index (κ3) is 3.29. The number of hydrogen-bond donors (Lipinski definition) is 2. The molecule has 0 aliphatic carbocycles. The van der Waals surface area contributed by atoms with Gasteiger partial charge in [-0.25, -0.2) is 4.79 Å². The van der Waals surface area contributed by atoms with Crippen LogP contribution in [0.5, 0.6) is 5.75 Å². The van der Waals surface area contributed by atoms with Crippen LogP contribution in [0.15, 0.2) is 36.7 Å². The highest BCUT2D eigenvalue weighted by atomic mass is 35.5. The van der Waals surface area contributed by atoms with E-state index in [9.17, 15) is 9.59 Å². The van der Waals surface area contributed by atoms with Gasteiger partial charge in [-0.1, -0.05) is 11.6 Å². The van der Waals surface area contributed by atoms with Crippen LogP contribution in [0.4, 0.5) is 5.69 Å². The van der Waals surface area contributed by atoms with Crippen LogP contribution in [0.2, 0.25) is 5.02 Å². The molecular formula is C14H11ClN2O4. The summed E-state index contributed by atoms with van der Waals surface area (Å²) in [5.74, 6) is -1.20. The van der Waals surface area contributed by atoms with Gasteiger partial charge in [-0.3, -0.25) is 9.78 Å². The Labute approximate surface area is 125 Å². The Morgan fingerprint density at radius 1 is 1.33 bits per heavy atom. The molecule has 0 fully saturated rings. The summed E-state index contributed by atoms with van der Waals surface area (Å²) in [5, 5.41) is 11.6. The quantitative estimate of drug-likeness (QED) is 0.906. The van der Waals surface area contributed by atoms with Crippen molar-refractivity contribution in [3.8, 4) is 5.75 Å². The number of methoxy groups -OCH3 is 1. The van der Waals surface area contributed by atoms with Crippen molar-refractivity contribution in [2.45, 2.75) is 0 Å². The first kappa shape index (κ1) is 14.8. The van der Waals surface area contributed by atoms with E-state index >= 15 is 0 Å². The summed E-state index contributed by atoms with van der Waals surface area (Å²) >= 11 is 5.96. The summed E-state index contributed by atoms with van der Waals surface area (Å²) in [6.45, 7) is 0. The summed E-state index contributed by atoms with van der Waals surface area (Å²) in [7, 11) is 1.43. The predicted molar refractivity (Wildman–Crippen MR) is 77.2 cm³/mol. The highest BCUT2D eigenvalue weighted by Crippen LogP contribution is 2.25. The zero-order valence-corrected chi connectivity index (χ0v) is 11.7. The lowest BCUT2D eigenvalue weighted by Crippen LogP contribution is -2.14. The van der Waals surface area contributed by atoms with Gasteiger partial charge in [0.2, 0.25) is 0 Å². The largest absolute Gasteiger partial charge is 0.494 e. The third-order valence-corrected chi connectivity index (χ3v) is 3.03. The fourth-order valence-electron chi connectivity index (χ4n) is 1.67. The Morgan fingerprint density at radius 3 is 2.71 bits per heavy atom. The number of carbonyl (C=O) groups is 2. The van der Waals surface area contributed by atoms with Crippen molar-refractivity contribution >= 4 is 29.2 Å². The number of rotatable bonds is 4. The molecule has 7 heteroatoms. The smallest absolute Gasteiger partial charge is 0.335 e. The molecule has 1 heterocycles. The highest BCUT2D eigenvalue weighted by molar-refractivity contribution is 6.34. The predicted octanol–water partition coefficient (Wildman–Crippen LogP) is 2.69. The van der Waals surface area contributed by atoms with E-state index < -0.39 is 11.9 Å². The zero-order valence-electron chi connectivity index (χ0n) is 11.0. The number of amides is 1. The summed E-state index contributed by atoms with van der Waals surface area (Å²) in [6.07, 6.45) is 2.89. The number of nitrogens with one attached hydrogen (secondary N) is 1. The van der Waals surface area contributed by atoms with Gasteiger partial charge in [0, 0.05) is 6.20 Å². The topological polar surface area (TPSA) is 88.5 Å². The molecule has 0 aliphatic heterocycles. The van der Waals surface area contributed by atoms with Gasteiger partial charge in [0.1, 0.15) is 5.75 Å². The van der Waals surface area contributed by atoms with Crippen molar-refractivity contribution in [3.05, 3.63) is 52.8 Å². The fourth-order valence-corrected chi connectivity index (χ4v) is 1.90. The Bertz CT molecular complexity index is 703. The molecule has 2 rings (SSSR count). The van der Waals surface area contributed by atoms with Gasteiger partial charge >= 0.3 is 5.97 Å². The molecule has 6 nitrogen and oxygen atoms in total. The minimum Gasteiger partial charge on any atom is -0.494 e. The van der Waals surface area contributed by atoms with Crippen LogP contribution in [0, 0.1) is 0 Å². The van der Waals surface area contributed by atoms with E-state index in [1.807, 2.05) is 0 Å². The first-order chi connectivity index (χ1) is 10.0. The first-order valence-electron chi connectivity index (χ1n) is 5.85. The number of aromatic nitrogens is 1. The fraction of sp³-hybridized carbons (Fsp3) is 0.0714. The Balaban J connectivity index is 2.26. The maximum atomic E-state index is 12.2. The van der Waals surface area contributed by atoms with Crippen LogP contribution in [0.25, 0.3) is 0 Å². The van der Waals surface area contributed by atoms with Gasteiger partial charge in [-0.2, -0.15) is 0 Å². The number of ether oxygens (including phenoxy) is 1. The molecule has 2 aromatic rings. The number of halogens is 1. The van der Waals surface area contributed by atoms with Crippen LogP contribution in [0.3, 0.4) is 0 Å². The number of anilines is 1. The van der Waals surface area contributed by atoms with Crippen molar-refractivity contribution in [2.75, 3.05) is 12.4 Å². The number of pyridine rings is 1. The van der Waals surface area contributed by atoms with E-state index in [2.05, 4.69) is 10.3 Å². The van der Waals surface area contributed by atoms with Gasteiger partial charge in [0.25, 0.3) is 5.91 Å². The number of carboxylic acids is 1. The molecule has 0 spiro atoms. The second kappa shape index (κ2) is 6.23. The van der Waals surface area contributed by atoms with Crippen LogP contribution in [-0.2, 0) is 0 Å². The molecule has 21 heavy (non-hydrogen) atoms. The summed E-state index contributed by atoms with van der Waals surface area (Å²) in [5.41, 5.74) is 0.649. The molecule has 0 unspecified atom stereocenters. The van der Waals surface area contributed by atoms with Crippen LogP contribution in [0.1, 0.15) is 20.7 Å². The average Bonchev–Trinajstić information content (AvgIpc) is 2.48. The van der Waals surface area contributed by atoms with Crippen molar-refractivity contribution < 1.29 is 19.4 Å². The molecule has 0 bridgehead atoms. The molecule has 0 radical (unpaired) electrons. The number of benzene rings is 1. The molecular weight excluding hydrogens is 296 g/mol. The minimum absolute atomic E-state index is 0.0412. The standard InChI is InChI=1S/C14H11ClN2O4/c1-21-12-7-16-5-4-9(12)13(18)17-11-3-2-8(14(19)20)6-10(11)15/h2-7H,1H3,(H,17,18)(H,19,20). The van der Waals surface area contributed by atoms with E-state index in [1.165, 1.54) is 43.8 Å². The molecule has 0 saturated heterocycles. The van der Waals surface area contributed by atoms with E-state index in [1.54, 1.807) is 0 Å². The van der Waals surface area contributed by atoms with Crippen molar-refractivity contribution in [1.82, 2.24) is 4.98 Å². The number of carbonyl (C=O) groups excluding carboxylic acids is 1. The molecule has 108 valence electrons.